The second-order valence-electron chi connectivity index (χ2n) is 5.20. The molecule has 0 saturated heterocycles. The summed E-state index contributed by atoms with van der Waals surface area (Å²) < 4.78 is 0. The molecule has 3 atom stereocenters. The average Bonchev–Trinajstić information content (AvgIpc) is 2.29. The van der Waals surface area contributed by atoms with E-state index in [9.17, 15) is 0 Å². The quantitative estimate of drug-likeness (QED) is 0.843. The zero-order valence-corrected chi connectivity index (χ0v) is 10.3. The molecule has 0 radical (unpaired) electrons. The maximum atomic E-state index is 4.34. The molecule has 88 valence electrons. The highest BCUT2D eigenvalue weighted by atomic mass is 14.9. The van der Waals surface area contributed by atoms with Gasteiger partial charge in [0.2, 0.25) is 0 Å². The van der Waals surface area contributed by atoms with Crippen molar-refractivity contribution in [2.24, 2.45) is 11.8 Å². The molecule has 3 unspecified atom stereocenters. The van der Waals surface area contributed by atoms with Crippen LogP contribution in [0.25, 0.3) is 0 Å². The van der Waals surface area contributed by atoms with E-state index in [4.69, 9.17) is 0 Å². The van der Waals surface area contributed by atoms with Crippen LogP contribution in [0.1, 0.15) is 38.8 Å². The normalized spacial score (nSPS) is 30.2. The fraction of sp³-hybridized carbons (Fsp3) is 0.643. The van der Waals surface area contributed by atoms with E-state index in [1.54, 1.807) is 0 Å². The zero-order chi connectivity index (χ0) is 11.4. The second-order valence-corrected chi connectivity index (χ2v) is 5.20. The van der Waals surface area contributed by atoms with Gasteiger partial charge in [-0.15, -0.1) is 0 Å². The molecule has 16 heavy (non-hydrogen) atoms. The minimum Gasteiger partial charge on any atom is -0.308 e. The number of nitrogens with one attached hydrogen (secondary N) is 1. The van der Waals surface area contributed by atoms with Gasteiger partial charge in [0.25, 0.3) is 0 Å². The molecule has 1 N–H and O–H groups in total. The standard InChI is InChI=1S/C14H22N2/c1-11-6-7-14(12(2)9-11)16-10-13-5-3-4-8-15-13/h3-5,8,11-12,14,16H,6-7,9-10H2,1-2H3. The number of hydrogen-bond donors (Lipinski definition) is 1. The van der Waals surface area contributed by atoms with Gasteiger partial charge in [-0.05, 0) is 43.2 Å². The van der Waals surface area contributed by atoms with Gasteiger partial charge in [0.1, 0.15) is 0 Å². The van der Waals surface area contributed by atoms with Gasteiger partial charge in [0.15, 0.2) is 0 Å². The van der Waals surface area contributed by atoms with Crippen molar-refractivity contribution in [2.45, 2.75) is 45.7 Å². The van der Waals surface area contributed by atoms with Gasteiger partial charge < -0.3 is 5.32 Å². The predicted octanol–water partition coefficient (Wildman–Crippen LogP) is 3.00. The summed E-state index contributed by atoms with van der Waals surface area (Å²) in [5, 5.41) is 3.65. The zero-order valence-electron chi connectivity index (χ0n) is 10.3. The maximum absolute atomic E-state index is 4.34. The fourth-order valence-electron chi connectivity index (χ4n) is 2.71. The highest BCUT2D eigenvalue weighted by molar-refractivity contribution is 5.03. The molecule has 0 aliphatic heterocycles. The molecule has 2 rings (SSSR count). The van der Waals surface area contributed by atoms with Crippen LogP contribution in [0.5, 0.6) is 0 Å². The Kier molecular flexibility index (Phi) is 3.94. The van der Waals surface area contributed by atoms with Gasteiger partial charge in [-0.2, -0.15) is 0 Å². The third-order valence-corrected chi connectivity index (χ3v) is 3.70. The van der Waals surface area contributed by atoms with Crippen LogP contribution in [-0.2, 0) is 6.54 Å². The van der Waals surface area contributed by atoms with Crippen LogP contribution < -0.4 is 5.32 Å². The molecule has 1 fully saturated rings. The van der Waals surface area contributed by atoms with Crippen LogP contribution in [0.2, 0.25) is 0 Å². The molecule has 0 aromatic carbocycles. The molecule has 2 nitrogen and oxygen atoms in total. The number of hydrogen-bond acceptors (Lipinski definition) is 2. The van der Waals surface area contributed by atoms with E-state index in [0.29, 0.717) is 6.04 Å². The highest BCUT2D eigenvalue weighted by Gasteiger charge is 2.24. The van der Waals surface area contributed by atoms with E-state index in [-0.39, 0.29) is 0 Å². The van der Waals surface area contributed by atoms with Crippen molar-refractivity contribution in [1.82, 2.24) is 10.3 Å². The van der Waals surface area contributed by atoms with Crippen LogP contribution in [0.15, 0.2) is 24.4 Å². The van der Waals surface area contributed by atoms with Crippen LogP contribution in [0, 0.1) is 11.8 Å². The largest absolute Gasteiger partial charge is 0.308 e. The van der Waals surface area contributed by atoms with Crippen LogP contribution in [0.4, 0.5) is 0 Å². The monoisotopic (exact) mass is 218 g/mol. The van der Waals surface area contributed by atoms with Gasteiger partial charge >= 0.3 is 0 Å². The number of pyridine rings is 1. The molecule has 1 aliphatic carbocycles. The fourth-order valence-corrected chi connectivity index (χ4v) is 2.71. The van der Waals surface area contributed by atoms with Gasteiger partial charge in [-0.1, -0.05) is 19.9 Å². The lowest BCUT2D eigenvalue weighted by atomic mass is 9.80. The van der Waals surface area contributed by atoms with Crippen molar-refractivity contribution in [3.8, 4) is 0 Å². The summed E-state index contributed by atoms with van der Waals surface area (Å²) >= 11 is 0. The molecule has 1 saturated carbocycles. The van der Waals surface area contributed by atoms with E-state index in [1.807, 2.05) is 12.3 Å². The maximum Gasteiger partial charge on any atom is 0.0541 e. The molecule has 1 aromatic heterocycles. The van der Waals surface area contributed by atoms with Gasteiger partial charge in [0.05, 0.1) is 5.69 Å². The first-order chi connectivity index (χ1) is 7.75. The second kappa shape index (κ2) is 5.44. The van der Waals surface area contributed by atoms with Crippen molar-refractivity contribution in [3.05, 3.63) is 30.1 Å². The number of nitrogens with zero attached hydrogens (tertiary/aromatic N) is 1. The lowest BCUT2D eigenvalue weighted by molar-refractivity contribution is 0.226. The van der Waals surface area contributed by atoms with Gasteiger partial charge in [-0.25, -0.2) is 0 Å². The molecular formula is C14H22N2. The highest BCUT2D eigenvalue weighted by Crippen LogP contribution is 2.28. The first kappa shape index (κ1) is 11.6. The Bertz CT molecular complexity index is 310. The molecule has 2 heteroatoms. The Labute approximate surface area is 98.5 Å². The van der Waals surface area contributed by atoms with Crippen molar-refractivity contribution in [1.29, 1.82) is 0 Å². The Balaban J connectivity index is 1.82. The molecular weight excluding hydrogens is 196 g/mol. The summed E-state index contributed by atoms with van der Waals surface area (Å²) in [6.45, 7) is 5.64. The third-order valence-electron chi connectivity index (χ3n) is 3.70. The molecule has 1 heterocycles. The molecule has 0 spiro atoms. The van der Waals surface area contributed by atoms with E-state index < -0.39 is 0 Å². The third kappa shape index (κ3) is 3.05. The molecule has 0 bridgehead atoms. The van der Waals surface area contributed by atoms with E-state index >= 15 is 0 Å². The Morgan fingerprint density at radius 3 is 2.88 bits per heavy atom. The minimum atomic E-state index is 0.679. The van der Waals surface area contributed by atoms with Gasteiger partial charge in [-0.3, -0.25) is 4.98 Å². The first-order valence-electron chi connectivity index (χ1n) is 6.39. The number of rotatable bonds is 3. The van der Waals surface area contributed by atoms with Crippen LogP contribution in [-0.4, -0.2) is 11.0 Å². The lowest BCUT2D eigenvalue weighted by Crippen LogP contribution is -2.38. The summed E-state index contributed by atoms with van der Waals surface area (Å²) in [6.07, 6.45) is 5.91. The van der Waals surface area contributed by atoms with E-state index in [2.05, 4.69) is 36.3 Å². The summed E-state index contributed by atoms with van der Waals surface area (Å²) in [5.74, 6) is 1.70. The van der Waals surface area contributed by atoms with E-state index in [0.717, 1.165) is 24.1 Å². The summed E-state index contributed by atoms with van der Waals surface area (Å²) in [5.41, 5.74) is 1.15. The molecule has 1 aromatic rings. The predicted molar refractivity (Wildman–Crippen MR) is 67.0 cm³/mol. The van der Waals surface area contributed by atoms with Crippen LogP contribution in [0.3, 0.4) is 0 Å². The van der Waals surface area contributed by atoms with Crippen molar-refractivity contribution in [2.75, 3.05) is 0 Å². The Morgan fingerprint density at radius 2 is 2.19 bits per heavy atom. The Hall–Kier alpha value is -0.890. The first-order valence-corrected chi connectivity index (χ1v) is 6.39. The number of aromatic nitrogens is 1. The van der Waals surface area contributed by atoms with E-state index in [1.165, 1.54) is 19.3 Å². The van der Waals surface area contributed by atoms with Crippen molar-refractivity contribution < 1.29 is 0 Å². The Morgan fingerprint density at radius 1 is 1.31 bits per heavy atom. The molecule has 1 aliphatic rings. The smallest absolute Gasteiger partial charge is 0.0541 e. The molecule has 0 amide bonds. The minimum absolute atomic E-state index is 0.679. The summed E-state index contributed by atoms with van der Waals surface area (Å²) in [4.78, 5) is 4.34. The summed E-state index contributed by atoms with van der Waals surface area (Å²) in [6, 6.07) is 6.78. The SMILES string of the molecule is CC1CCC(NCc2ccccn2)C(C)C1. The van der Waals surface area contributed by atoms with Crippen LogP contribution >= 0.6 is 0 Å². The summed E-state index contributed by atoms with van der Waals surface area (Å²) in [7, 11) is 0. The van der Waals surface area contributed by atoms with Crippen molar-refractivity contribution in [3.63, 3.8) is 0 Å². The lowest BCUT2D eigenvalue weighted by Gasteiger charge is -2.33. The van der Waals surface area contributed by atoms with Gasteiger partial charge in [0, 0.05) is 18.8 Å². The van der Waals surface area contributed by atoms with Crippen molar-refractivity contribution >= 4 is 0 Å². The topological polar surface area (TPSA) is 24.9 Å². The average molecular weight is 218 g/mol.